The van der Waals surface area contributed by atoms with Gasteiger partial charge in [0, 0.05) is 0 Å². The lowest BCUT2D eigenvalue weighted by Gasteiger charge is -2.28. The Balaban J connectivity index is 1.95. The van der Waals surface area contributed by atoms with Crippen molar-refractivity contribution in [3.63, 3.8) is 0 Å². The Morgan fingerprint density at radius 3 is 0.778 bits per heavy atom. The van der Waals surface area contributed by atoms with Crippen molar-refractivity contribution in [3.05, 3.63) is 150 Å². The Morgan fingerprint density at radius 2 is 0.472 bits per heavy atom. The molecule has 0 bridgehead atoms. The van der Waals surface area contributed by atoms with Crippen LogP contribution in [0.2, 0.25) is 0 Å². The number of hydrogen-bond acceptors (Lipinski definition) is 0. The molecule has 0 atom stereocenters. The molecule has 3 aliphatic carbocycles. The van der Waals surface area contributed by atoms with Gasteiger partial charge in [-0.05, 0) is 115 Å². The van der Waals surface area contributed by atoms with Crippen LogP contribution in [0.3, 0.4) is 0 Å². The van der Waals surface area contributed by atoms with Crippen LogP contribution in [-0.2, 0) is 0 Å². The molecule has 0 amide bonds. The monoisotopic (exact) mass is 464 g/mol. The minimum absolute atomic E-state index is 1.18. The Hall–Kier alpha value is -3.64. The van der Waals surface area contributed by atoms with Crippen molar-refractivity contribution >= 4 is 11.1 Å². The van der Waals surface area contributed by atoms with E-state index in [4.69, 9.17) is 0 Å². The summed E-state index contributed by atoms with van der Waals surface area (Å²) in [5, 5.41) is 11.0. The van der Waals surface area contributed by atoms with Gasteiger partial charge in [0.15, 0.2) is 0 Å². The van der Waals surface area contributed by atoms with Gasteiger partial charge in [-0.15, -0.1) is 0 Å². The average molecular weight is 465 g/mol. The molecule has 0 heterocycles. The molecule has 0 heteroatoms. The largest absolute Gasteiger partial charge is 0.0616 e. The Bertz CT molecular complexity index is 1800. The maximum atomic E-state index is 2.39. The van der Waals surface area contributed by atoms with Gasteiger partial charge in [-0.2, -0.15) is 0 Å². The third-order valence-electron chi connectivity index (χ3n) is 8.53. The van der Waals surface area contributed by atoms with Crippen molar-refractivity contribution in [1.29, 1.82) is 0 Å². The lowest BCUT2D eigenvalue weighted by Crippen LogP contribution is -2.19. The highest BCUT2D eigenvalue weighted by atomic mass is 14.3. The first-order chi connectivity index (χ1) is 17.9. The number of rotatable bonds is 0. The summed E-state index contributed by atoms with van der Waals surface area (Å²) >= 11 is 0. The maximum Gasteiger partial charge on any atom is -0.00990 e. The topological polar surface area (TPSA) is 0 Å². The number of hydrogen-bond donors (Lipinski definition) is 0. The lowest BCUT2D eigenvalue weighted by atomic mass is 9.77. The molecule has 0 radical (unpaired) electrons. The molecule has 36 heavy (non-hydrogen) atoms. The van der Waals surface area contributed by atoms with Crippen molar-refractivity contribution in [3.8, 4) is 0 Å². The molecule has 2 fully saturated rings. The van der Waals surface area contributed by atoms with Gasteiger partial charge in [0.2, 0.25) is 0 Å². The summed E-state index contributed by atoms with van der Waals surface area (Å²) in [6.07, 6.45) is 9.98. The number of benzene rings is 4. The van der Waals surface area contributed by atoms with Crippen molar-refractivity contribution in [1.82, 2.24) is 0 Å². The van der Waals surface area contributed by atoms with Crippen LogP contribution in [0.4, 0.5) is 0 Å². The normalized spacial score (nSPS) is 16.9. The van der Waals surface area contributed by atoms with E-state index in [1.807, 2.05) is 0 Å². The van der Waals surface area contributed by atoms with Gasteiger partial charge in [0.05, 0.1) is 0 Å². The fourth-order valence-corrected chi connectivity index (χ4v) is 6.94. The molecule has 7 rings (SSSR count). The molecule has 4 aromatic rings. The Kier molecular flexibility index (Phi) is 5.47. The van der Waals surface area contributed by atoms with Crippen molar-refractivity contribution in [2.45, 2.75) is 51.4 Å². The van der Waals surface area contributed by atoms with E-state index < -0.39 is 0 Å². The van der Waals surface area contributed by atoms with E-state index in [2.05, 4.69) is 97.1 Å². The van der Waals surface area contributed by atoms with Crippen LogP contribution in [0, 0.1) is 31.3 Å². The molecule has 3 aliphatic rings. The van der Waals surface area contributed by atoms with Crippen LogP contribution in [-0.4, -0.2) is 0 Å². The summed E-state index contributed by atoms with van der Waals surface area (Å²) < 4.78 is 0. The van der Waals surface area contributed by atoms with E-state index in [1.165, 1.54) is 93.1 Å². The standard InChI is InChI=1S/C36H32/c1-2-14-26-25(13-1)27-15-3-4-17-29(27)31-19-7-8-21-33(31)35-23-11-12-24-36(35)34-22-10-9-20-32(34)30-18-6-5-16-28(26)30/h1-8,13-19,21H,9-12,20,22-24H2. The van der Waals surface area contributed by atoms with E-state index >= 15 is 0 Å². The SMILES string of the molecule is c1ccc2c(c1)=C1CCCCC1=C1CCCCC1=c1ccccc1=c1ccccc1=c1ccccc1=2. The molecule has 4 aromatic carbocycles. The van der Waals surface area contributed by atoms with E-state index in [9.17, 15) is 0 Å². The average Bonchev–Trinajstić information content (AvgIpc) is 2.97. The van der Waals surface area contributed by atoms with E-state index in [-0.39, 0.29) is 0 Å². The third-order valence-corrected chi connectivity index (χ3v) is 8.53. The van der Waals surface area contributed by atoms with Gasteiger partial charge < -0.3 is 0 Å². The van der Waals surface area contributed by atoms with Crippen LogP contribution < -0.4 is 10.4 Å². The summed E-state index contributed by atoms with van der Waals surface area (Å²) in [5.74, 6) is 0. The molecule has 0 aliphatic heterocycles. The van der Waals surface area contributed by atoms with E-state index in [1.54, 1.807) is 22.3 Å². The van der Waals surface area contributed by atoms with Crippen LogP contribution in [0.5, 0.6) is 0 Å². The Labute approximate surface area is 212 Å². The molecule has 176 valence electrons. The van der Waals surface area contributed by atoms with Gasteiger partial charge in [-0.3, -0.25) is 0 Å². The minimum atomic E-state index is 1.18. The van der Waals surface area contributed by atoms with Crippen molar-refractivity contribution in [2.24, 2.45) is 0 Å². The predicted molar refractivity (Wildman–Crippen MR) is 149 cm³/mol. The molecular formula is C36H32. The van der Waals surface area contributed by atoms with Gasteiger partial charge in [-0.25, -0.2) is 0 Å². The zero-order valence-corrected chi connectivity index (χ0v) is 20.9. The molecule has 0 unspecified atom stereocenters. The first-order valence-electron chi connectivity index (χ1n) is 13.7. The second-order valence-corrected chi connectivity index (χ2v) is 10.5. The molecule has 0 spiro atoms. The molecular weight excluding hydrogens is 432 g/mol. The molecule has 0 nitrogen and oxygen atoms in total. The van der Waals surface area contributed by atoms with E-state index in [0.717, 1.165) is 0 Å². The molecule has 0 saturated heterocycles. The minimum Gasteiger partial charge on any atom is -0.0616 e. The Morgan fingerprint density at radius 1 is 0.250 bits per heavy atom. The van der Waals surface area contributed by atoms with Gasteiger partial charge in [0.1, 0.15) is 0 Å². The first kappa shape index (κ1) is 21.6. The van der Waals surface area contributed by atoms with Crippen molar-refractivity contribution < 1.29 is 0 Å². The molecule has 0 aromatic heterocycles. The van der Waals surface area contributed by atoms with Crippen LogP contribution in [0.15, 0.2) is 108 Å². The third kappa shape index (κ3) is 3.51. The van der Waals surface area contributed by atoms with E-state index in [0.29, 0.717) is 0 Å². The second-order valence-electron chi connectivity index (χ2n) is 10.5. The quantitative estimate of drug-likeness (QED) is 0.256. The van der Waals surface area contributed by atoms with Crippen LogP contribution in [0.25, 0.3) is 11.1 Å². The van der Waals surface area contributed by atoms with Crippen LogP contribution >= 0.6 is 0 Å². The highest BCUT2D eigenvalue weighted by Gasteiger charge is 2.22. The van der Waals surface area contributed by atoms with Gasteiger partial charge in [-0.1, -0.05) is 97.1 Å². The predicted octanol–water partition coefficient (Wildman–Crippen LogP) is 7.31. The number of fused-ring (bicyclic) bond motifs is 6. The lowest BCUT2D eigenvalue weighted by molar-refractivity contribution is 0.677. The highest BCUT2D eigenvalue weighted by Crippen LogP contribution is 2.40. The summed E-state index contributed by atoms with van der Waals surface area (Å²) in [4.78, 5) is 0. The fourth-order valence-electron chi connectivity index (χ4n) is 6.94. The zero-order chi connectivity index (χ0) is 23.9. The number of allylic oxidation sites excluding steroid dienone is 2. The molecule has 0 N–H and O–H groups in total. The van der Waals surface area contributed by atoms with Crippen LogP contribution in [0.1, 0.15) is 51.4 Å². The first-order valence-corrected chi connectivity index (χ1v) is 13.7. The van der Waals surface area contributed by atoms with Gasteiger partial charge in [0.25, 0.3) is 0 Å². The smallest absolute Gasteiger partial charge is 0.00990 e. The highest BCUT2D eigenvalue weighted by molar-refractivity contribution is 5.77. The summed E-state index contributed by atoms with van der Waals surface area (Å²) in [5.41, 5.74) is 6.52. The summed E-state index contributed by atoms with van der Waals surface area (Å²) in [7, 11) is 0. The van der Waals surface area contributed by atoms with Crippen molar-refractivity contribution in [2.75, 3.05) is 0 Å². The zero-order valence-electron chi connectivity index (χ0n) is 20.9. The van der Waals surface area contributed by atoms with Gasteiger partial charge >= 0.3 is 0 Å². The molecule has 2 saturated carbocycles. The second kappa shape index (κ2) is 9.10. The fraction of sp³-hybridized carbons (Fsp3) is 0.222. The summed E-state index contributed by atoms with van der Waals surface area (Å²) in [6, 6.07) is 36.5. The summed E-state index contributed by atoms with van der Waals surface area (Å²) in [6.45, 7) is 0. The maximum absolute atomic E-state index is 2.39.